The Bertz CT molecular complexity index is 606. The number of aryl methyl sites for hydroxylation is 1. The molecule has 0 spiro atoms. The van der Waals surface area contributed by atoms with Gasteiger partial charge in [0, 0.05) is 4.47 Å². The van der Waals surface area contributed by atoms with Crippen LogP contribution in [0.25, 0.3) is 0 Å². The van der Waals surface area contributed by atoms with Gasteiger partial charge in [-0.05, 0) is 47.9 Å². The summed E-state index contributed by atoms with van der Waals surface area (Å²) in [4.78, 5) is 0. The fourth-order valence-corrected chi connectivity index (χ4v) is 2.52. The van der Waals surface area contributed by atoms with E-state index in [1.807, 2.05) is 25.1 Å². The van der Waals surface area contributed by atoms with Gasteiger partial charge in [0.15, 0.2) is 0 Å². The van der Waals surface area contributed by atoms with Crippen molar-refractivity contribution in [3.8, 4) is 0 Å². The number of benzene rings is 2. The number of nitrogens with two attached hydrogens (primary N) is 1. The largest absolute Gasteiger partial charge is 0.416 e. The Morgan fingerprint density at radius 1 is 1.05 bits per heavy atom. The first-order valence-corrected chi connectivity index (χ1v) is 6.77. The van der Waals surface area contributed by atoms with E-state index in [0.717, 1.165) is 27.7 Å². The summed E-state index contributed by atoms with van der Waals surface area (Å²) in [5, 5.41) is 0. The smallest absolute Gasteiger partial charge is 0.320 e. The average molecular weight is 344 g/mol. The van der Waals surface area contributed by atoms with Gasteiger partial charge in [-0.2, -0.15) is 13.2 Å². The van der Waals surface area contributed by atoms with Crippen LogP contribution in [0.4, 0.5) is 13.2 Å². The molecule has 0 bridgehead atoms. The van der Waals surface area contributed by atoms with E-state index in [1.165, 1.54) is 12.1 Å². The lowest BCUT2D eigenvalue weighted by atomic mass is 9.95. The number of hydrogen-bond donors (Lipinski definition) is 1. The van der Waals surface area contributed by atoms with Gasteiger partial charge in [-0.3, -0.25) is 0 Å². The lowest BCUT2D eigenvalue weighted by Gasteiger charge is -2.16. The van der Waals surface area contributed by atoms with Gasteiger partial charge in [0.25, 0.3) is 0 Å². The first-order valence-electron chi connectivity index (χ1n) is 5.98. The predicted octanol–water partition coefficient (Wildman–Crippen LogP) is 4.82. The second-order valence-corrected chi connectivity index (χ2v) is 5.51. The van der Waals surface area contributed by atoms with E-state index in [4.69, 9.17) is 5.73 Å². The fraction of sp³-hybridized carbons (Fsp3) is 0.200. The lowest BCUT2D eigenvalue weighted by Crippen LogP contribution is -2.14. The van der Waals surface area contributed by atoms with Crippen LogP contribution in [0.5, 0.6) is 0 Å². The fourth-order valence-electron chi connectivity index (χ4n) is 2.05. The molecule has 0 saturated heterocycles. The molecule has 0 radical (unpaired) electrons. The van der Waals surface area contributed by atoms with Crippen LogP contribution in [-0.4, -0.2) is 0 Å². The van der Waals surface area contributed by atoms with Crippen molar-refractivity contribution in [2.75, 3.05) is 0 Å². The maximum absolute atomic E-state index is 12.5. The normalized spacial score (nSPS) is 13.3. The third-order valence-corrected chi connectivity index (χ3v) is 3.66. The second kappa shape index (κ2) is 5.58. The molecule has 2 N–H and O–H groups in total. The summed E-state index contributed by atoms with van der Waals surface area (Å²) in [7, 11) is 0. The van der Waals surface area contributed by atoms with Gasteiger partial charge in [-0.15, -0.1) is 0 Å². The first kappa shape index (κ1) is 15.1. The summed E-state index contributed by atoms with van der Waals surface area (Å²) >= 11 is 3.37. The van der Waals surface area contributed by atoms with Gasteiger partial charge in [-0.25, -0.2) is 0 Å². The highest BCUT2D eigenvalue weighted by Gasteiger charge is 2.30. The van der Waals surface area contributed by atoms with Gasteiger partial charge in [0.2, 0.25) is 0 Å². The minimum absolute atomic E-state index is 0.439. The van der Waals surface area contributed by atoms with Crippen LogP contribution in [0, 0.1) is 6.92 Å². The molecule has 5 heteroatoms. The quantitative estimate of drug-likeness (QED) is 0.830. The molecular formula is C15H13BrF3N. The maximum Gasteiger partial charge on any atom is 0.416 e. The Morgan fingerprint density at radius 2 is 1.65 bits per heavy atom. The Morgan fingerprint density at radius 3 is 2.15 bits per heavy atom. The predicted molar refractivity (Wildman–Crippen MR) is 76.4 cm³/mol. The van der Waals surface area contributed by atoms with Crippen molar-refractivity contribution in [2.24, 2.45) is 5.73 Å². The third-order valence-electron chi connectivity index (χ3n) is 3.16. The van der Waals surface area contributed by atoms with Gasteiger partial charge >= 0.3 is 6.18 Å². The molecule has 0 aliphatic rings. The van der Waals surface area contributed by atoms with E-state index in [9.17, 15) is 13.2 Å². The molecule has 0 amide bonds. The highest BCUT2D eigenvalue weighted by atomic mass is 79.9. The van der Waals surface area contributed by atoms with Crippen LogP contribution >= 0.6 is 15.9 Å². The van der Waals surface area contributed by atoms with Crippen molar-refractivity contribution in [1.82, 2.24) is 0 Å². The SMILES string of the molecule is Cc1cc(Br)ccc1C(N)c1ccc(C(F)(F)F)cc1. The minimum Gasteiger partial charge on any atom is -0.320 e. The first-order chi connectivity index (χ1) is 9.29. The molecule has 1 unspecified atom stereocenters. The van der Waals surface area contributed by atoms with Crippen molar-refractivity contribution < 1.29 is 13.2 Å². The molecule has 0 saturated carbocycles. The summed E-state index contributed by atoms with van der Waals surface area (Å²) < 4.78 is 38.5. The molecule has 1 nitrogen and oxygen atoms in total. The van der Waals surface area contributed by atoms with Crippen molar-refractivity contribution in [2.45, 2.75) is 19.1 Å². The average Bonchev–Trinajstić information content (AvgIpc) is 2.37. The van der Waals surface area contributed by atoms with Crippen LogP contribution in [-0.2, 0) is 6.18 Å². The summed E-state index contributed by atoms with van der Waals surface area (Å²) in [6, 6.07) is 10.2. The molecule has 0 aliphatic heterocycles. The summed E-state index contributed by atoms with van der Waals surface area (Å²) in [6.07, 6.45) is -4.32. The van der Waals surface area contributed by atoms with Crippen LogP contribution in [0.2, 0.25) is 0 Å². The molecule has 0 aliphatic carbocycles. The molecule has 1 atom stereocenters. The van der Waals surface area contributed by atoms with Gasteiger partial charge in [0.05, 0.1) is 11.6 Å². The monoisotopic (exact) mass is 343 g/mol. The van der Waals surface area contributed by atoms with E-state index in [-0.39, 0.29) is 0 Å². The van der Waals surface area contributed by atoms with E-state index in [2.05, 4.69) is 15.9 Å². The van der Waals surface area contributed by atoms with Gasteiger partial charge < -0.3 is 5.73 Å². The summed E-state index contributed by atoms with van der Waals surface area (Å²) in [5.41, 5.74) is 8.01. The number of rotatable bonds is 2. The molecule has 20 heavy (non-hydrogen) atoms. The van der Waals surface area contributed by atoms with E-state index >= 15 is 0 Å². The van der Waals surface area contributed by atoms with Crippen LogP contribution in [0.15, 0.2) is 46.9 Å². The summed E-state index contributed by atoms with van der Waals surface area (Å²) in [6.45, 7) is 1.92. The van der Waals surface area contributed by atoms with Crippen LogP contribution in [0.1, 0.15) is 28.3 Å². The Balaban J connectivity index is 2.31. The minimum atomic E-state index is -4.32. The highest BCUT2D eigenvalue weighted by molar-refractivity contribution is 9.10. The van der Waals surface area contributed by atoms with Crippen molar-refractivity contribution in [1.29, 1.82) is 0 Å². The van der Waals surface area contributed by atoms with Gasteiger partial charge in [-0.1, -0.05) is 34.1 Å². The highest BCUT2D eigenvalue weighted by Crippen LogP contribution is 2.31. The van der Waals surface area contributed by atoms with E-state index in [1.54, 1.807) is 0 Å². The Kier molecular flexibility index (Phi) is 4.20. The zero-order valence-electron chi connectivity index (χ0n) is 10.7. The van der Waals surface area contributed by atoms with Crippen LogP contribution < -0.4 is 5.73 Å². The molecule has 2 aromatic rings. The molecule has 2 rings (SSSR count). The molecule has 106 valence electrons. The summed E-state index contributed by atoms with van der Waals surface area (Å²) in [5.74, 6) is 0. The molecular weight excluding hydrogens is 331 g/mol. The second-order valence-electron chi connectivity index (χ2n) is 4.60. The number of hydrogen-bond acceptors (Lipinski definition) is 1. The lowest BCUT2D eigenvalue weighted by molar-refractivity contribution is -0.137. The molecule has 0 heterocycles. The van der Waals surface area contributed by atoms with Crippen molar-refractivity contribution in [3.05, 3.63) is 69.2 Å². The van der Waals surface area contributed by atoms with Gasteiger partial charge in [0.1, 0.15) is 0 Å². The zero-order valence-corrected chi connectivity index (χ0v) is 12.3. The number of alkyl halides is 3. The topological polar surface area (TPSA) is 26.0 Å². The maximum atomic E-state index is 12.5. The van der Waals surface area contributed by atoms with Crippen molar-refractivity contribution in [3.63, 3.8) is 0 Å². The third kappa shape index (κ3) is 3.22. The number of halogens is 4. The zero-order chi connectivity index (χ0) is 14.9. The molecule has 2 aromatic carbocycles. The standard InChI is InChI=1S/C15H13BrF3N/c1-9-8-12(16)6-7-13(9)14(20)10-2-4-11(5-3-10)15(17,18)19/h2-8,14H,20H2,1H3. The van der Waals surface area contributed by atoms with Crippen LogP contribution in [0.3, 0.4) is 0 Å². The molecule has 0 fully saturated rings. The Labute approximate surface area is 123 Å². The van der Waals surface area contributed by atoms with E-state index < -0.39 is 17.8 Å². The van der Waals surface area contributed by atoms with Crippen molar-refractivity contribution >= 4 is 15.9 Å². The Hall–Kier alpha value is -1.33. The molecule has 0 aromatic heterocycles. The van der Waals surface area contributed by atoms with E-state index in [0.29, 0.717) is 5.56 Å².